The van der Waals surface area contributed by atoms with Crippen molar-refractivity contribution in [2.24, 2.45) is 0 Å². The Bertz CT molecular complexity index is 2010. The topological polar surface area (TPSA) is 228 Å². The van der Waals surface area contributed by atoms with E-state index in [0.717, 1.165) is 96.3 Å². The Balaban J connectivity index is 1.59. The SMILES string of the molecule is CC/C=C\C/C=C\C/C=C\C/C=C\C/C=C\C/C=C\C/C=C\C/C=C\CCCCCCCCCCCCCCCCCCC(=O)NC(COC1OC(CO)C(OC2OC(CO)C(O)C(O)C2O)C(O)C1O)C(O)/C=C/CC/C=C/CC/C=C/CCCCCC. The van der Waals surface area contributed by atoms with Gasteiger partial charge in [0.1, 0.15) is 48.8 Å². The van der Waals surface area contributed by atoms with Crippen LogP contribution >= 0.6 is 0 Å². The van der Waals surface area contributed by atoms with E-state index >= 15 is 0 Å². The molecule has 0 aromatic carbocycles. The highest BCUT2D eigenvalue weighted by Gasteiger charge is 2.51. The fraction of sp³-hybridized carbons (Fsp3) is 0.693. The number of nitrogens with one attached hydrogen (secondary N) is 1. The second kappa shape index (κ2) is 58.0. The molecule has 0 bridgehead atoms. The molecular formula is C75H125NO13. The molecule has 14 nitrogen and oxygen atoms in total. The molecule has 2 heterocycles. The third-order valence-electron chi connectivity index (χ3n) is 16.0. The fourth-order valence-electron chi connectivity index (χ4n) is 10.5. The molecule has 0 radical (unpaired) electrons. The van der Waals surface area contributed by atoms with Gasteiger partial charge in [-0.2, -0.15) is 0 Å². The van der Waals surface area contributed by atoms with E-state index < -0.39 is 86.8 Å². The third-order valence-corrected chi connectivity index (χ3v) is 16.0. The van der Waals surface area contributed by atoms with Crippen LogP contribution in [0.5, 0.6) is 0 Å². The standard InChI is InChI=1S/C75H125NO13/c1-3-5-7-9-11-13-15-17-19-20-21-22-23-24-25-26-27-28-29-30-31-32-33-34-35-36-37-38-39-40-41-42-43-44-45-47-49-51-53-55-57-59-67(80)76-63(64(79)58-56-54-52-50-48-46-18-16-14-12-10-8-6-4-2)62-86-74-72(85)70(83)73(66(61-78)88-74)89-75-71(84)69(82)68(81)65(60-77)87-75/h5,7,11,13-14,16-17,19,21-22,24-25,27-28,30-31,33-34,48,50,56,58,63-66,68-75,77-79,81-85H,3-4,6,8-10,12,15,18,20,23,26,29,32,35-47,49,51-55,57,59-62H2,1-2H3,(H,76,80)/b7-5-,13-11-,16-14+,19-17-,22-21-,25-24-,28-27-,31-30-,34-33-,50-48+,58-56+. The number of rotatable bonds is 55. The van der Waals surface area contributed by atoms with Gasteiger partial charge in [-0.3, -0.25) is 4.79 Å². The highest BCUT2D eigenvalue weighted by molar-refractivity contribution is 5.76. The number of hydrogen-bond acceptors (Lipinski definition) is 13. The number of aliphatic hydroxyl groups is 8. The first-order valence-electron chi connectivity index (χ1n) is 34.9. The Morgan fingerprint density at radius 2 is 0.787 bits per heavy atom. The predicted octanol–water partition coefficient (Wildman–Crippen LogP) is 14.3. The highest BCUT2D eigenvalue weighted by atomic mass is 16.7. The molecule has 2 saturated heterocycles. The molecule has 9 N–H and O–H groups in total. The monoisotopic (exact) mass is 1250 g/mol. The molecule has 508 valence electrons. The van der Waals surface area contributed by atoms with Crippen molar-refractivity contribution in [3.63, 3.8) is 0 Å². The Labute approximate surface area is 539 Å². The number of aliphatic hydroxyl groups excluding tert-OH is 8. The Morgan fingerprint density at radius 1 is 0.416 bits per heavy atom. The summed E-state index contributed by atoms with van der Waals surface area (Å²) in [6.07, 6.45) is 69.5. The molecule has 0 aromatic rings. The van der Waals surface area contributed by atoms with Gasteiger partial charge in [0.25, 0.3) is 0 Å². The van der Waals surface area contributed by atoms with Gasteiger partial charge < -0.3 is 65.1 Å². The van der Waals surface area contributed by atoms with Crippen LogP contribution in [0.15, 0.2) is 134 Å². The van der Waals surface area contributed by atoms with Crippen LogP contribution in [-0.2, 0) is 23.7 Å². The molecule has 2 aliphatic heterocycles. The summed E-state index contributed by atoms with van der Waals surface area (Å²) in [6.45, 7) is 2.62. The Kier molecular flexibility index (Phi) is 52.9. The largest absolute Gasteiger partial charge is 0.394 e. The van der Waals surface area contributed by atoms with E-state index in [1.807, 2.05) is 6.08 Å². The van der Waals surface area contributed by atoms with Crippen molar-refractivity contribution in [2.75, 3.05) is 19.8 Å². The summed E-state index contributed by atoms with van der Waals surface area (Å²) in [5.74, 6) is -0.258. The molecule has 0 saturated carbocycles. The average molecular weight is 1250 g/mol. The highest BCUT2D eigenvalue weighted by Crippen LogP contribution is 2.30. The number of unbranched alkanes of at least 4 members (excludes halogenated alkanes) is 22. The van der Waals surface area contributed by atoms with E-state index in [0.29, 0.717) is 12.8 Å². The Morgan fingerprint density at radius 3 is 1.24 bits per heavy atom. The molecule has 1 amide bonds. The summed E-state index contributed by atoms with van der Waals surface area (Å²) in [7, 11) is 0. The smallest absolute Gasteiger partial charge is 0.220 e. The molecule has 0 spiro atoms. The minimum absolute atomic E-state index is 0.258. The molecule has 2 aliphatic rings. The van der Waals surface area contributed by atoms with Crippen LogP contribution in [0.4, 0.5) is 0 Å². The number of amides is 1. The van der Waals surface area contributed by atoms with Crippen molar-refractivity contribution in [3.05, 3.63) is 134 Å². The van der Waals surface area contributed by atoms with E-state index in [1.54, 1.807) is 6.08 Å². The summed E-state index contributed by atoms with van der Waals surface area (Å²) in [5, 5.41) is 87.2. The van der Waals surface area contributed by atoms with Gasteiger partial charge >= 0.3 is 0 Å². The lowest BCUT2D eigenvalue weighted by molar-refractivity contribution is -0.359. The van der Waals surface area contributed by atoms with Crippen LogP contribution in [0, 0.1) is 0 Å². The first-order valence-corrected chi connectivity index (χ1v) is 34.9. The fourth-order valence-corrected chi connectivity index (χ4v) is 10.5. The van der Waals surface area contributed by atoms with Crippen LogP contribution in [0.2, 0.25) is 0 Å². The van der Waals surface area contributed by atoms with Gasteiger partial charge in [0.2, 0.25) is 5.91 Å². The van der Waals surface area contributed by atoms with Crippen molar-refractivity contribution in [3.8, 4) is 0 Å². The van der Waals surface area contributed by atoms with E-state index in [9.17, 15) is 45.6 Å². The molecular weight excluding hydrogens is 1120 g/mol. The van der Waals surface area contributed by atoms with Crippen molar-refractivity contribution >= 4 is 5.91 Å². The van der Waals surface area contributed by atoms with Crippen LogP contribution in [-0.4, -0.2) is 140 Å². The lowest BCUT2D eigenvalue weighted by Crippen LogP contribution is -2.65. The van der Waals surface area contributed by atoms with E-state index in [2.05, 4.69) is 141 Å². The molecule has 2 fully saturated rings. The van der Waals surface area contributed by atoms with Crippen LogP contribution in [0.3, 0.4) is 0 Å². The minimum atomic E-state index is -1.80. The third kappa shape index (κ3) is 42.1. The van der Waals surface area contributed by atoms with E-state index in [-0.39, 0.29) is 18.9 Å². The summed E-state index contributed by atoms with van der Waals surface area (Å²) in [5.41, 5.74) is 0. The maximum atomic E-state index is 13.3. The van der Waals surface area contributed by atoms with Gasteiger partial charge in [0.05, 0.1) is 32.0 Å². The second-order valence-electron chi connectivity index (χ2n) is 23.9. The minimum Gasteiger partial charge on any atom is -0.394 e. The number of allylic oxidation sites excluding steroid dienone is 21. The van der Waals surface area contributed by atoms with E-state index in [4.69, 9.17) is 18.9 Å². The van der Waals surface area contributed by atoms with Crippen molar-refractivity contribution < 1.29 is 64.6 Å². The number of hydrogen-bond donors (Lipinski definition) is 9. The molecule has 89 heavy (non-hydrogen) atoms. The maximum Gasteiger partial charge on any atom is 0.220 e. The molecule has 0 aliphatic carbocycles. The zero-order valence-corrected chi connectivity index (χ0v) is 55.1. The average Bonchev–Trinajstić information content (AvgIpc) is 2.74. The molecule has 12 atom stereocenters. The van der Waals surface area contributed by atoms with Crippen molar-refractivity contribution in [2.45, 2.75) is 312 Å². The van der Waals surface area contributed by atoms with Crippen LogP contribution in [0.1, 0.15) is 239 Å². The van der Waals surface area contributed by atoms with Gasteiger partial charge in [0.15, 0.2) is 12.6 Å². The zero-order chi connectivity index (χ0) is 64.5. The molecule has 12 unspecified atom stereocenters. The quantitative estimate of drug-likeness (QED) is 0.0204. The number of ether oxygens (including phenoxy) is 4. The summed E-state index contributed by atoms with van der Waals surface area (Å²) < 4.78 is 22.8. The molecule has 2 rings (SSSR count). The predicted molar refractivity (Wildman–Crippen MR) is 364 cm³/mol. The maximum absolute atomic E-state index is 13.3. The van der Waals surface area contributed by atoms with Gasteiger partial charge in [-0.05, 0) is 109 Å². The van der Waals surface area contributed by atoms with E-state index in [1.165, 1.54) is 109 Å². The first-order chi connectivity index (χ1) is 43.6. The molecule has 14 heteroatoms. The van der Waals surface area contributed by atoms with Gasteiger partial charge in [0, 0.05) is 6.42 Å². The lowest BCUT2D eigenvalue weighted by Gasteiger charge is -2.46. The lowest BCUT2D eigenvalue weighted by atomic mass is 9.97. The van der Waals surface area contributed by atoms with Crippen molar-refractivity contribution in [1.82, 2.24) is 5.32 Å². The van der Waals surface area contributed by atoms with Gasteiger partial charge in [-0.25, -0.2) is 0 Å². The van der Waals surface area contributed by atoms with Crippen LogP contribution < -0.4 is 5.32 Å². The summed E-state index contributed by atoms with van der Waals surface area (Å²) in [6, 6.07) is -0.944. The van der Waals surface area contributed by atoms with Crippen LogP contribution in [0.25, 0.3) is 0 Å². The van der Waals surface area contributed by atoms with Gasteiger partial charge in [-0.1, -0.05) is 257 Å². The van der Waals surface area contributed by atoms with Gasteiger partial charge in [-0.15, -0.1) is 0 Å². The van der Waals surface area contributed by atoms with Crippen molar-refractivity contribution in [1.29, 1.82) is 0 Å². The summed E-state index contributed by atoms with van der Waals surface area (Å²) >= 11 is 0. The zero-order valence-electron chi connectivity index (χ0n) is 55.1. The normalized spacial score (nSPS) is 23.9. The Hall–Kier alpha value is -3.87. The number of carbonyl (C=O) groups is 1. The second-order valence-corrected chi connectivity index (χ2v) is 23.9. The first kappa shape index (κ1) is 81.2. The number of carbonyl (C=O) groups excluding carboxylic acids is 1. The summed E-state index contributed by atoms with van der Waals surface area (Å²) in [4.78, 5) is 13.3. The molecule has 0 aromatic heterocycles.